The molecule has 2 unspecified atom stereocenters. The molecule has 0 saturated carbocycles. The molecule has 2 atom stereocenters. The Morgan fingerprint density at radius 2 is 1.58 bits per heavy atom. The Balaban J connectivity index is 0.000000286. The van der Waals surface area contributed by atoms with Gasteiger partial charge in [-0.25, -0.2) is 28.7 Å². The van der Waals surface area contributed by atoms with Gasteiger partial charge in [0.05, 0.1) is 42.9 Å². The number of thioether (sulfide) groups is 2. The number of ether oxygens (including phenoxy) is 2. The number of hydrogen-bond acceptors (Lipinski definition) is 19. The van der Waals surface area contributed by atoms with E-state index in [-0.39, 0.29) is 42.5 Å². The molecule has 576 valence electrons. The molecule has 3 aliphatic heterocycles. The topological polar surface area (TPSA) is 369 Å². The van der Waals surface area contributed by atoms with Crippen molar-refractivity contribution in [3.63, 3.8) is 0 Å². The molecule has 2 fully saturated rings. The zero-order valence-electron chi connectivity index (χ0n) is 57.8. The number of nitrogens with one attached hydrogen (secondary N) is 6. The van der Waals surface area contributed by atoms with Crippen LogP contribution in [0.2, 0.25) is 10.2 Å². The summed E-state index contributed by atoms with van der Waals surface area (Å²) in [5, 5.41) is 59.0. The number of amidine groups is 1. The average Bonchev–Trinajstić information content (AvgIpc) is 1.65. The van der Waals surface area contributed by atoms with E-state index in [0.717, 1.165) is 64.6 Å². The molecule has 9 rings (SSSR count). The van der Waals surface area contributed by atoms with E-state index in [4.69, 9.17) is 67.8 Å². The Kier molecular flexibility index (Phi) is 40.6. The van der Waals surface area contributed by atoms with E-state index in [9.17, 15) is 60.8 Å². The molecule has 0 spiro atoms. The van der Waals surface area contributed by atoms with Gasteiger partial charge in [-0.05, 0) is 122 Å². The number of aliphatic imine (C=N–C) groups is 1. The Hall–Kier alpha value is -11.0. The van der Waals surface area contributed by atoms with E-state index in [2.05, 4.69) is 63.2 Å². The highest BCUT2D eigenvalue weighted by Crippen LogP contribution is 2.31. The van der Waals surface area contributed by atoms with Crippen molar-refractivity contribution in [2.75, 3.05) is 69.7 Å². The van der Waals surface area contributed by atoms with E-state index in [0.29, 0.717) is 75.2 Å². The van der Waals surface area contributed by atoms with E-state index >= 15 is 0 Å². The number of urea groups is 1. The van der Waals surface area contributed by atoms with Gasteiger partial charge in [-0.3, -0.25) is 40.1 Å². The Labute approximate surface area is 646 Å². The Morgan fingerprint density at radius 1 is 0.907 bits per heavy atom. The van der Waals surface area contributed by atoms with Crippen LogP contribution in [0.3, 0.4) is 0 Å². The molecule has 29 nitrogen and oxygen atoms in total. The van der Waals surface area contributed by atoms with E-state index < -0.39 is 54.4 Å². The molecule has 5 heterocycles. The van der Waals surface area contributed by atoms with Crippen molar-refractivity contribution >= 4 is 128 Å². The maximum absolute atomic E-state index is 12.8. The molecule has 3 aliphatic rings. The fourth-order valence-electron chi connectivity index (χ4n) is 8.68. The fourth-order valence-corrected chi connectivity index (χ4v) is 11.1. The maximum Gasteiger partial charge on any atom is 0.407 e. The van der Waals surface area contributed by atoms with Gasteiger partial charge in [0.2, 0.25) is 18.5 Å². The number of halogens is 7. The van der Waals surface area contributed by atoms with Gasteiger partial charge in [0.15, 0.2) is 21.2 Å². The third-order valence-electron chi connectivity index (χ3n) is 13.9. The zero-order chi connectivity index (χ0) is 79.5. The molecule has 40 heteroatoms. The van der Waals surface area contributed by atoms with Crippen molar-refractivity contribution in [1.82, 2.24) is 61.3 Å². The van der Waals surface area contributed by atoms with Gasteiger partial charge in [-0.1, -0.05) is 108 Å². The lowest BCUT2D eigenvalue weighted by Gasteiger charge is -2.22. The number of carboxylic acid groups (broad SMARTS) is 2. The first kappa shape index (κ1) is 89.4. The van der Waals surface area contributed by atoms with Crippen LogP contribution in [0.4, 0.5) is 37.2 Å². The molecular weight excluding hydrogens is 1540 g/mol. The van der Waals surface area contributed by atoms with Crippen LogP contribution < -0.4 is 47.2 Å². The third-order valence-corrected chi connectivity index (χ3v) is 17.0. The van der Waals surface area contributed by atoms with Gasteiger partial charge >= 0.3 is 30.8 Å². The number of carbonyl (C=O) groups is 5. The number of nitro groups is 1. The zero-order valence-corrected chi connectivity index (χ0v) is 62.6. The second-order valence-electron chi connectivity index (χ2n) is 21.6. The molecule has 0 bridgehead atoms. The van der Waals surface area contributed by atoms with Crippen molar-refractivity contribution in [3.8, 4) is 17.7 Å². The summed E-state index contributed by atoms with van der Waals surface area (Å²) in [6.45, 7) is 7.43. The monoisotopic (exact) mass is 1610 g/mol. The lowest BCUT2D eigenvalue weighted by atomic mass is 9.90. The molecule has 108 heavy (non-hydrogen) atoms. The number of hydrazine groups is 1. The van der Waals surface area contributed by atoms with Crippen LogP contribution in [-0.2, 0) is 27.5 Å². The number of carboxylic acids is 1. The number of alkyl halides is 2. The second-order valence-corrected chi connectivity index (χ2v) is 25.4. The lowest BCUT2D eigenvalue weighted by molar-refractivity contribution is -0.403. The second kappa shape index (κ2) is 49.0. The Bertz CT molecular complexity index is 4180. The minimum atomic E-state index is -2.89. The molecule has 8 N–H and O–H groups in total. The number of pyridine rings is 1. The predicted octanol–water partition coefficient (Wildman–Crippen LogP) is 11.1. The van der Waals surface area contributed by atoms with Gasteiger partial charge in [0.25, 0.3) is 11.8 Å². The summed E-state index contributed by atoms with van der Waals surface area (Å²) in [5.74, 6) is -2.26. The van der Waals surface area contributed by atoms with Crippen LogP contribution in [0, 0.1) is 21.6 Å². The highest BCUT2D eigenvalue weighted by Gasteiger charge is 2.33. The first-order chi connectivity index (χ1) is 51.6. The summed E-state index contributed by atoms with van der Waals surface area (Å²) in [6, 6.07) is 37.1. The SMILES string of the molecule is C=CC(C)NC(=S)NNC(=S)NC.CCN(CCOc1cnn(Cc2ccccc2)c(=O)c1)C(=O)O.N#CN=C1SCCN1Cc1ccc(Cl)nc1.O=C(Nc1ccc(Cl)cc1)N1CC(c2ccccc2)C(c2ccc(OC(F)F)cc2)=N1.O=C(O)CNC(=O)CC(F)=C(F)F.O=CN1CCCSC1=C[N+](=O)[O-]. The van der Waals surface area contributed by atoms with Crippen molar-refractivity contribution < 1.29 is 70.5 Å². The molecule has 6 aromatic rings. The number of thiocarbonyl (C=S) groups is 2. The number of aromatic nitrogens is 3. The number of rotatable bonds is 22. The van der Waals surface area contributed by atoms with Crippen LogP contribution in [0.25, 0.3) is 0 Å². The van der Waals surface area contributed by atoms with E-state index in [1.165, 1.54) is 55.6 Å². The van der Waals surface area contributed by atoms with Crippen molar-refractivity contribution in [2.45, 2.75) is 58.3 Å². The van der Waals surface area contributed by atoms with Gasteiger partial charge < -0.3 is 55.7 Å². The summed E-state index contributed by atoms with van der Waals surface area (Å²) < 4.78 is 70.9. The van der Waals surface area contributed by atoms with E-state index in [1.807, 2.05) is 79.8 Å². The first-order valence-electron chi connectivity index (χ1n) is 31.9. The highest BCUT2D eigenvalue weighted by molar-refractivity contribution is 8.14. The molecule has 0 radical (unpaired) electrons. The number of anilines is 1. The molecular formula is C68H74Cl2F5N17O12S4. The number of hydrogen-bond donors (Lipinski definition) is 8. The quantitative estimate of drug-likeness (QED) is 0.00457. The van der Waals surface area contributed by atoms with Gasteiger partial charge in [-0.2, -0.15) is 33.0 Å². The summed E-state index contributed by atoms with van der Waals surface area (Å²) in [6.07, 6.45) is 4.46. The van der Waals surface area contributed by atoms with Crippen LogP contribution in [0.5, 0.6) is 11.5 Å². The molecule has 0 aliphatic carbocycles. The number of hydrazone groups is 1. The number of nitriles is 1. The Morgan fingerprint density at radius 3 is 2.16 bits per heavy atom. The van der Waals surface area contributed by atoms with Crippen LogP contribution >= 0.6 is 71.2 Å². The summed E-state index contributed by atoms with van der Waals surface area (Å²) in [7, 11) is 1.72. The first-order valence-corrected chi connectivity index (χ1v) is 35.4. The predicted molar refractivity (Wildman–Crippen MR) is 410 cm³/mol. The number of carbonyl (C=O) groups excluding carboxylic acids is 3. The van der Waals surface area contributed by atoms with Gasteiger partial charge in [0.1, 0.15) is 34.8 Å². The molecule has 5 amide bonds. The van der Waals surface area contributed by atoms with E-state index in [1.54, 1.807) is 85.8 Å². The fraction of sp³-hybridized carbons (Fsp3) is 0.279. The summed E-state index contributed by atoms with van der Waals surface area (Å²) in [4.78, 5) is 88.4. The number of benzene rings is 4. The standard InChI is InChI=1S/C23H18ClF2N3O2.C16H19N3O4.C10H9ClN4S.C7H14N4S2.C6H6F3NO3.C6H8N2O3S/c24-17-8-10-18(11-9-17)27-23(30)29-14-20(15-4-2-1-3-5-15)21(28-29)16-6-12-19(13-7-16)31-22(25)26;1-2-18(16(21)22)8-9-23-14-10-15(20)19(17-11-14)12-13-6-4-3-5-7-13;11-9-2-1-8(5-13-9)6-15-3-4-16-10(15)14-7-12;1-4-5(2)9-7(13)11-10-6(12)8-3;7-3(6(8)9)1-4(11)10-2-5(12)13;9-5-7-2-1-3-12-6(7)4-8(10)11/h1-13,20,22H,14H2,(H,27,30);3-7,10-11H,2,8-9,12H2,1H3,(H,21,22);1-2,5H,3-4,6H2;4-5H,1H2,2-3H3,(H2,8,10,12)(H2,9,11,13);1-2H2,(H,10,11)(H,12,13);4-5H,1-3H2. The number of likely N-dealkylation sites (N-methyl/N-ethyl adjacent to an activating group) is 1. The third kappa shape index (κ3) is 34.5. The molecule has 2 saturated heterocycles. The van der Waals surface area contributed by atoms with Crippen molar-refractivity contribution in [1.29, 1.82) is 5.26 Å². The largest absolute Gasteiger partial charge is 0.490 e. The molecule has 4 aromatic carbocycles. The van der Waals surface area contributed by atoms with Crippen LogP contribution in [0.1, 0.15) is 54.9 Å². The minimum Gasteiger partial charge on any atom is -0.490 e. The van der Waals surface area contributed by atoms with Crippen LogP contribution in [-0.4, -0.2) is 178 Å². The summed E-state index contributed by atoms with van der Waals surface area (Å²) in [5.41, 5.74) is 10.2. The average molecular weight is 1620 g/mol. The van der Waals surface area contributed by atoms with Crippen molar-refractivity contribution in [2.24, 2.45) is 10.1 Å². The highest BCUT2D eigenvalue weighted by atomic mass is 35.5. The van der Waals surface area contributed by atoms with Crippen molar-refractivity contribution in [3.05, 3.63) is 228 Å². The smallest absolute Gasteiger partial charge is 0.407 e. The lowest BCUT2D eigenvalue weighted by Crippen LogP contribution is -2.50. The maximum atomic E-state index is 12.8. The summed E-state index contributed by atoms with van der Waals surface area (Å²) >= 11 is 24.3. The number of nitrogens with zero attached hydrogens (tertiary/aromatic N) is 11. The number of amides is 5. The molecule has 2 aromatic heterocycles. The number of aliphatic carboxylic acids is 1. The van der Waals surface area contributed by atoms with Crippen LogP contribution in [0.15, 0.2) is 190 Å². The minimum absolute atomic E-state index is 0.0611. The normalized spacial score (nSPS) is 14.1. The van der Waals surface area contributed by atoms with Gasteiger partial charge in [0, 0.05) is 79.7 Å². The van der Waals surface area contributed by atoms with Gasteiger partial charge in [-0.15, -0.1) is 23.3 Å².